The molecule has 0 bridgehead atoms. The Labute approximate surface area is 150 Å². The third-order valence-corrected chi connectivity index (χ3v) is 4.66. The minimum Gasteiger partial charge on any atom is -0.349 e. The molecule has 2 aromatic carbocycles. The summed E-state index contributed by atoms with van der Waals surface area (Å²) in [5.74, 6) is -1.32. The molecule has 130 valence electrons. The third-order valence-electron chi connectivity index (χ3n) is 4.37. The van der Waals surface area contributed by atoms with Crippen LogP contribution in [-0.2, 0) is 9.59 Å². The molecule has 1 saturated heterocycles. The number of rotatable bonds is 4. The summed E-state index contributed by atoms with van der Waals surface area (Å²) < 4.78 is 13.3. The van der Waals surface area contributed by atoms with Gasteiger partial charge in [-0.1, -0.05) is 41.9 Å². The van der Waals surface area contributed by atoms with Crippen molar-refractivity contribution >= 4 is 29.1 Å². The number of carbonyl (C=O) groups is 2. The molecule has 0 unspecified atom stereocenters. The van der Waals surface area contributed by atoms with Gasteiger partial charge in [0.15, 0.2) is 0 Å². The van der Waals surface area contributed by atoms with Gasteiger partial charge in [0, 0.05) is 18.7 Å². The molecule has 1 aliphatic heterocycles. The molecule has 4 nitrogen and oxygen atoms in total. The molecule has 0 aliphatic carbocycles. The van der Waals surface area contributed by atoms with E-state index in [1.54, 1.807) is 0 Å². The number of carbonyl (C=O) groups excluding carboxylic acids is 2. The minimum absolute atomic E-state index is 0.0455. The first-order chi connectivity index (χ1) is 12.0. The lowest BCUT2D eigenvalue weighted by Gasteiger charge is -2.19. The average Bonchev–Trinajstić information content (AvgIpc) is 3.00. The highest BCUT2D eigenvalue weighted by atomic mass is 35.5. The van der Waals surface area contributed by atoms with E-state index in [0.717, 1.165) is 5.56 Å². The van der Waals surface area contributed by atoms with E-state index in [2.05, 4.69) is 5.32 Å². The van der Waals surface area contributed by atoms with Crippen LogP contribution in [-0.4, -0.2) is 18.4 Å². The molecular formula is C19H18ClFN2O2. The number of nitrogens with zero attached hydrogens (tertiary/aromatic N) is 1. The number of amides is 2. The van der Waals surface area contributed by atoms with Crippen LogP contribution < -0.4 is 10.2 Å². The molecule has 1 N–H and O–H groups in total. The summed E-state index contributed by atoms with van der Waals surface area (Å²) in [7, 11) is 0. The smallest absolute Gasteiger partial charge is 0.227 e. The van der Waals surface area contributed by atoms with Gasteiger partial charge in [-0.2, -0.15) is 0 Å². The highest BCUT2D eigenvalue weighted by molar-refractivity contribution is 6.31. The molecule has 25 heavy (non-hydrogen) atoms. The van der Waals surface area contributed by atoms with Gasteiger partial charge in [0.2, 0.25) is 11.8 Å². The fraction of sp³-hybridized carbons (Fsp3) is 0.263. The molecule has 0 saturated carbocycles. The third kappa shape index (κ3) is 3.82. The first-order valence-electron chi connectivity index (χ1n) is 8.06. The summed E-state index contributed by atoms with van der Waals surface area (Å²) >= 11 is 5.78. The van der Waals surface area contributed by atoms with E-state index in [1.807, 2.05) is 37.3 Å². The molecule has 1 fully saturated rings. The number of anilines is 1. The Bertz CT molecular complexity index is 797. The van der Waals surface area contributed by atoms with Gasteiger partial charge in [0.05, 0.1) is 17.0 Å². The van der Waals surface area contributed by atoms with E-state index in [-0.39, 0.29) is 35.8 Å². The number of hydrogen-bond donors (Lipinski definition) is 1. The zero-order valence-electron chi connectivity index (χ0n) is 13.7. The molecular weight excluding hydrogens is 343 g/mol. The number of nitrogens with one attached hydrogen (secondary N) is 1. The number of benzene rings is 2. The first kappa shape index (κ1) is 17.4. The second-order valence-electron chi connectivity index (χ2n) is 6.14. The van der Waals surface area contributed by atoms with E-state index in [1.165, 1.54) is 23.1 Å². The van der Waals surface area contributed by atoms with Crippen LogP contribution in [0, 0.1) is 11.7 Å². The van der Waals surface area contributed by atoms with Gasteiger partial charge in [-0.15, -0.1) is 0 Å². The van der Waals surface area contributed by atoms with Gasteiger partial charge < -0.3 is 10.2 Å². The van der Waals surface area contributed by atoms with Gasteiger partial charge in [0.25, 0.3) is 0 Å². The second kappa shape index (κ2) is 7.23. The topological polar surface area (TPSA) is 49.4 Å². The monoisotopic (exact) mass is 360 g/mol. The Morgan fingerprint density at radius 1 is 1.28 bits per heavy atom. The highest BCUT2D eigenvalue weighted by Crippen LogP contribution is 2.29. The van der Waals surface area contributed by atoms with Crippen LogP contribution in [0.3, 0.4) is 0 Å². The fourth-order valence-corrected chi connectivity index (χ4v) is 3.12. The lowest BCUT2D eigenvalue weighted by molar-refractivity contribution is -0.126. The van der Waals surface area contributed by atoms with Crippen LogP contribution in [0.15, 0.2) is 48.5 Å². The van der Waals surface area contributed by atoms with E-state index >= 15 is 0 Å². The van der Waals surface area contributed by atoms with Crippen molar-refractivity contribution in [2.75, 3.05) is 11.4 Å². The van der Waals surface area contributed by atoms with Gasteiger partial charge in [0.1, 0.15) is 5.82 Å². The van der Waals surface area contributed by atoms with Crippen LogP contribution in [0.2, 0.25) is 5.02 Å². The average molecular weight is 361 g/mol. The van der Waals surface area contributed by atoms with Crippen molar-refractivity contribution in [2.24, 2.45) is 5.92 Å². The maximum absolute atomic E-state index is 13.3. The Hall–Kier alpha value is -2.40. The van der Waals surface area contributed by atoms with Crippen LogP contribution in [0.25, 0.3) is 0 Å². The quantitative estimate of drug-likeness (QED) is 0.903. The molecule has 2 aromatic rings. The van der Waals surface area contributed by atoms with Crippen LogP contribution in [0.5, 0.6) is 0 Å². The van der Waals surface area contributed by atoms with Crippen molar-refractivity contribution in [3.8, 4) is 0 Å². The standard InChI is InChI=1S/C19H18ClFN2O2/c1-12(13-5-3-2-4-6-13)22-19(25)14-9-18(24)23(11-14)15-7-8-17(21)16(20)10-15/h2-8,10,12,14H,9,11H2,1H3,(H,22,25)/t12-,14+/m1/s1. The predicted octanol–water partition coefficient (Wildman–Crippen LogP) is 3.71. The fourth-order valence-electron chi connectivity index (χ4n) is 2.94. The van der Waals surface area contributed by atoms with E-state index in [0.29, 0.717) is 5.69 Å². The van der Waals surface area contributed by atoms with E-state index in [4.69, 9.17) is 11.6 Å². The Kier molecular flexibility index (Phi) is 5.04. The zero-order valence-corrected chi connectivity index (χ0v) is 14.5. The van der Waals surface area contributed by atoms with Gasteiger partial charge >= 0.3 is 0 Å². The molecule has 1 aliphatic rings. The Morgan fingerprint density at radius 3 is 2.68 bits per heavy atom. The molecule has 6 heteroatoms. The van der Waals surface area contributed by atoms with Crippen molar-refractivity contribution in [3.63, 3.8) is 0 Å². The summed E-state index contributed by atoms with van der Waals surface area (Å²) in [6.07, 6.45) is 0.127. The zero-order chi connectivity index (χ0) is 18.0. The van der Waals surface area contributed by atoms with Gasteiger partial charge in [-0.3, -0.25) is 9.59 Å². The lowest BCUT2D eigenvalue weighted by Crippen LogP contribution is -2.34. The highest BCUT2D eigenvalue weighted by Gasteiger charge is 2.35. The Morgan fingerprint density at radius 2 is 2.00 bits per heavy atom. The van der Waals surface area contributed by atoms with Crippen molar-refractivity contribution in [3.05, 3.63) is 64.9 Å². The SMILES string of the molecule is C[C@@H](NC(=O)[C@H]1CC(=O)N(c2ccc(F)c(Cl)c2)C1)c1ccccc1. The summed E-state index contributed by atoms with van der Waals surface area (Å²) in [4.78, 5) is 26.2. The van der Waals surface area contributed by atoms with Crippen molar-refractivity contribution in [1.82, 2.24) is 5.32 Å². The maximum Gasteiger partial charge on any atom is 0.227 e. The molecule has 3 rings (SSSR count). The van der Waals surface area contributed by atoms with Crippen LogP contribution >= 0.6 is 11.6 Å². The lowest BCUT2D eigenvalue weighted by atomic mass is 10.1. The molecule has 0 spiro atoms. The van der Waals surface area contributed by atoms with E-state index < -0.39 is 11.7 Å². The predicted molar refractivity (Wildman–Crippen MR) is 94.9 cm³/mol. The number of halogens is 2. The molecule has 0 aromatic heterocycles. The number of hydrogen-bond acceptors (Lipinski definition) is 2. The molecule has 1 heterocycles. The molecule has 0 radical (unpaired) electrons. The Balaban J connectivity index is 1.67. The van der Waals surface area contributed by atoms with Gasteiger partial charge in [-0.05, 0) is 30.7 Å². The summed E-state index contributed by atoms with van der Waals surface area (Å²) in [6, 6.07) is 13.6. The minimum atomic E-state index is -0.539. The largest absolute Gasteiger partial charge is 0.349 e. The second-order valence-corrected chi connectivity index (χ2v) is 6.55. The maximum atomic E-state index is 13.3. The normalized spacial score (nSPS) is 18.3. The van der Waals surface area contributed by atoms with Gasteiger partial charge in [-0.25, -0.2) is 4.39 Å². The first-order valence-corrected chi connectivity index (χ1v) is 8.44. The molecule has 2 amide bonds. The molecule has 2 atom stereocenters. The summed E-state index contributed by atoms with van der Waals surface area (Å²) in [6.45, 7) is 2.16. The van der Waals surface area contributed by atoms with Crippen molar-refractivity contribution in [1.29, 1.82) is 0 Å². The van der Waals surface area contributed by atoms with Crippen molar-refractivity contribution in [2.45, 2.75) is 19.4 Å². The van der Waals surface area contributed by atoms with Crippen LogP contribution in [0.4, 0.5) is 10.1 Å². The van der Waals surface area contributed by atoms with Crippen LogP contribution in [0.1, 0.15) is 24.9 Å². The van der Waals surface area contributed by atoms with E-state index in [9.17, 15) is 14.0 Å². The van der Waals surface area contributed by atoms with Crippen molar-refractivity contribution < 1.29 is 14.0 Å². The summed E-state index contributed by atoms with van der Waals surface area (Å²) in [5.41, 5.74) is 1.50. The summed E-state index contributed by atoms with van der Waals surface area (Å²) in [5, 5.41) is 2.90.